The average molecular weight is 447 g/mol. The van der Waals surface area contributed by atoms with E-state index in [-0.39, 0.29) is 23.5 Å². The Morgan fingerprint density at radius 1 is 1.13 bits per heavy atom. The molecule has 1 heterocycles. The highest BCUT2D eigenvalue weighted by atomic mass is 32.2. The van der Waals surface area contributed by atoms with Crippen LogP contribution in [-0.2, 0) is 21.3 Å². The molecular weight excluding hydrogens is 416 g/mol. The molecule has 0 unspecified atom stereocenters. The van der Waals surface area contributed by atoms with E-state index < -0.39 is 10.0 Å². The zero-order valence-electron chi connectivity index (χ0n) is 18.0. The largest absolute Gasteiger partial charge is 0.490 e. The predicted octanol–water partition coefficient (Wildman–Crippen LogP) is 3.20. The highest BCUT2D eigenvalue weighted by Gasteiger charge is 2.21. The van der Waals surface area contributed by atoms with Crippen molar-refractivity contribution in [3.63, 3.8) is 0 Å². The van der Waals surface area contributed by atoms with Crippen molar-refractivity contribution >= 4 is 15.9 Å². The summed E-state index contributed by atoms with van der Waals surface area (Å²) in [6, 6.07) is 13.7. The first-order valence-corrected chi connectivity index (χ1v) is 12.1. The lowest BCUT2D eigenvalue weighted by atomic mass is 10.1. The summed E-state index contributed by atoms with van der Waals surface area (Å²) in [4.78, 5) is 13.0. The zero-order chi connectivity index (χ0) is 22.3. The van der Waals surface area contributed by atoms with Crippen molar-refractivity contribution in [2.45, 2.75) is 44.2 Å². The van der Waals surface area contributed by atoms with Gasteiger partial charge in [-0.25, -0.2) is 8.42 Å². The van der Waals surface area contributed by atoms with Gasteiger partial charge in [0.25, 0.3) is 5.91 Å². The number of rotatable bonds is 10. The highest BCUT2D eigenvalue weighted by molar-refractivity contribution is 7.89. The van der Waals surface area contributed by atoms with E-state index in [2.05, 4.69) is 5.32 Å². The molecule has 0 aliphatic carbocycles. The number of para-hydroxylation sites is 1. The number of amides is 1. The maximum Gasteiger partial charge on any atom is 0.255 e. The molecule has 1 aliphatic heterocycles. The Morgan fingerprint density at radius 2 is 1.84 bits per heavy atom. The Kier molecular flexibility index (Phi) is 8.06. The van der Waals surface area contributed by atoms with Crippen LogP contribution < -0.4 is 10.1 Å². The number of benzene rings is 2. The quantitative estimate of drug-likeness (QED) is 0.606. The third-order valence-corrected chi connectivity index (χ3v) is 7.36. The number of nitrogens with one attached hydrogen (secondary N) is 1. The van der Waals surface area contributed by atoms with E-state index in [1.807, 2.05) is 19.9 Å². The molecule has 1 amide bonds. The van der Waals surface area contributed by atoms with Gasteiger partial charge in [0, 0.05) is 26.2 Å². The molecule has 1 aliphatic rings. The highest BCUT2D eigenvalue weighted by Crippen LogP contribution is 2.21. The van der Waals surface area contributed by atoms with Gasteiger partial charge >= 0.3 is 0 Å². The molecule has 3 rings (SSSR count). The fourth-order valence-electron chi connectivity index (χ4n) is 3.51. The molecule has 8 heteroatoms. The first-order chi connectivity index (χ1) is 15.0. The third kappa shape index (κ3) is 5.84. The molecule has 0 spiro atoms. The van der Waals surface area contributed by atoms with Crippen molar-refractivity contribution in [1.82, 2.24) is 9.62 Å². The van der Waals surface area contributed by atoms with Crippen LogP contribution in [0.25, 0.3) is 0 Å². The number of carbonyl (C=O) groups is 1. The Morgan fingerprint density at radius 3 is 2.48 bits per heavy atom. The van der Waals surface area contributed by atoms with Crippen LogP contribution >= 0.6 is 0 Å². The van der Waals surface area contributed by atoms with Crippen LogP contribution in [0.1, 0.15) is 42.6 Å². The fraction of sp³-hybridized carbons (Fsp3) is 0.435. The summed E-state index contributed by atoms with van der Waals surface area (Å²) < 4.78 is 38.0. The molecule has 7 nitrogen and oxygen atoms in total. The van der Waals surface area contributed by atoms with Crippen LogP contribution in [0, 0.1) is 0 Å². The molecule has 0 bridgehead atoms. The summed E-state index contributed by atoms with van der Waals surface area (Å²) in [5.41, 5.74) is 1.27. The molecular formula is C23H30N2O5S. The minimum Gasteiger partial charge on any atom is -0.490 e. The molecule has 1 N–H and O–H groups in total. The Labute approximate surface area is 184 Å². The van der Waals surface area contributed by atoms with E-state index in [0.29, 0.717) is 31.0 Å². The monoisotopic (exact) mass is 446 g/mol. The molecule has 31 heavy (non-hydrogen) atoms. The molecule has 1 fully saturated rings. The zero-order valence-corrected chi connectivity index (χ0v) is 18.9. The van der Waals surface area contributed by atoms with Crippen LogP contribution in [0.5, 0.6) is 5.75 Å². The van der Waals surface area contributed by atoms with Gasteiger partial charge in [-0.3, -0.25) is 4.79 Å². The number of sulfonamides is 1. The van der Waals surface area contributed by atoms with Gasteiger partial charge in [0.2, 0.25) is 10.0 Å². The molecule has 168 valence electrons. The van der Waals surface area contributed by atoms with Gasteiger partial charge in [-0.1, -0.05) is 38.1 Å². The van der Waals surface area contributed by atoms with Crippen LogP contribution in [0.2, 0.25) is 0 Å². The molecule has 1 atom stereocenters. The molecule has 1 saturated heterocycles. The van der Waals surface area contributed by atoms with Crippen molar-refractivity contribution in [2.24, 2.45) is 0 Å². The second-order valence-corrected chi connectivity index (χ2v) is 9.30. The topological polar surface area (TPSA) is 84.9 Å². The Hall–Kier alpha value is -2.42. The molecule has 0 saturated carbocycles. The van der Waals surface area contributed by atoms with E-state index in [9.17, 15) is 13.2 Å². The number of ether oxygens (including phenoxy) is 2. The summed E-state index contributed by atoms with van der Waals surface area (Å²) in [6.45, 7) is 5.93. The van der Waals surface area contributed by atoms with Crippen molar-refractivity contribution in [3.8, 4) is 5.75 Å². The van der Waals surface area contributed by atoms with E-state index in [4.69, 9.17) is 9.47 Å². The lowest BCUT2D eigenvalue weighted by Crippen LogP contribution is -2.30. The summed E-state index contributed by atoms with van der Waals surface area (Å²) in [5, 5.41) is 2.88. The summed E-state index contributed by atoms with van der Waals surface area (Å²) in [6.07, 6.45) is 2.07. The van der Waals surface area contributed by atoms with Crippen molar-refractivity contribution in [2.75, 3.05) is 26.3 Å². The Bertz CT molecular complexity index is 966. The average Bonchev–Trinajstić information content (AvgIpc) is 3.31. The molecule has 0 radical (unpaired) electrons. The summed E-state index contributed by atoms with van der Waals surface area (Å²) >= 11 is 0. The van der Waals surface area contributed by atoms with Gasteiger partial charge in [0.15, 0.2) is 0 Å². The second kappa shape index (κ2) is 10.7. The summed E-state index contributed by atoms with van der Waals surface area (Å²) in [5.74, 6) is 0.277. The number of nitrogens with zero attached hydrogens (tertiary/aromatic N) is 1. The number of hydrogen-bond donors (Lipinski definition) is 1. The van der Waals surface area contributed by atoms with Crippen molar-refractivity contribution in [3.05, 3.63) is 59.7 Å². The van der Waals surface area contributed by atoms with Crippen LogP contribution in [-0.4, -0.2) is 51.0 Å². The van der Waals surface area contributed by atoms with E-state index in [1.165, 1.54) is 4.31 Å². The van der Waals surface area contributed by atoms with Crippen LogP contribution in [0.3, 0.4) is 0 Å². The van der Waals surface area contributed by atoms with Gasteiger partial charge in [-0.05, 0) is 42.7 Å². The van der Waals surface area contributed by atoms with E-state index in [0.717, 1.165) is 25.0 Å². The van der Waals surface area contributed by atoms with Gasteiger partial charge in [-0.15, -0.1) is 0 Å². The minimum atomic E-state index is -3.49. The maximum absolute atomic E-state index is 12.7. The SMILES string of the molecule is CCN(CC)S(=O)(=O)c1ccc(CNC(=O)c2ccccc2OC[C@@H]2CCCO2)cc1. The summed E-state index contributed by atoms with van der Waals surface area (Å²) in [7, 11) is -3.49. The van der Waals surface area contributed by atoms with Gasteiger partial charge < -0.3 is 14.8 Å². The number of carbonyl (C=O) groups excluding carboxylic acids is 1. The predicted molar refractivity (Wildman–Crippen MR) is 119 cm³/mol. The van der Waals surface area contributed by atoms with Gasteiger partial charge in [0.05, 0.1) is 16.6 Å². The standard InChI is InChI=1S/C23H30N2O5S/c1-3-25(4-2)31(27,28)20-13-11-18(12-14-20)16-24-23(26)21-9-5-6-10-22(21)30-17-19-8-7-15-29-19/h5-6,9-14,19H,3-4,7-8,15-17H2,1-2H3,(H,24,26)/t19-/m0/s1. The smallest absolute Gasteiger partial charge is 0.255 e. The molecule has 0 aromatic heterocycles. The lowest BCUT2D eigenvalue weighted by molar-refractivity contribution is 0.0670. The minimum absolute atomic E-state index is 0.0715. The molecule has 2 aromatic carbocycles. The van der Waals surface area contributed by atoms with Crippen LogP contribution in [0.15, 0.2) is 53.4 Å². The normalized spacial score (nSPS) is 16.4. The third-order valence-electron chi connectivity index (χ3n) is 5.30. The Balaban J connectivity index is 1.61. The fourth-order valence-corrected chi connectivity index (χ4v) is 4.97. The number of hydrogen-bond acceptors (Lipinski definition) is 5. The van der Waals surface area contributed by atoms with Gasteiger partial charge in [0.1, 0.15) is 12.4 Å². The lowest BCUT2D eigenvalue weighted by Gasteiger charge is -2.18. The van der Waals surface area contributed by atoms with Crippen molar-refractivity contribution < 1.29 is 22.7 Å². The van der Waals surface area contributed by atoms with Crippen molar-refractivity contribution in [1.29, 1.82) is 0 Å². The van der Waals surface area contributed by atoms with Gasteiger partial charge in [-0.2, -0.15) is 4.31 Å². The first kappa shape index (κ1) is 23.2. The molecule has 2 aromatic rings. The maximum atomic E-state index is 12.7. The van der Waals surface area contributed by atoms with Crippen LogP contribution in [0.4, 0.5) is 0 Å². The van der Waals surface area contributed by atoms with E-state index >= 15 is 0 Å². The van der Waals surface area contributed by atoms with E-state index in [1.54, 1.807) is 42.5 Å². The second-order valence-electron chi connectivity index (χ2n) is 7.36. The first-order valence-electron chi connectivity index (χ1n) is 10.7.